The Morgan fingerprint density at radius 2 is 2.13 bits per heavy atom. The van der Waals surface area contributed by atoms with Gasteiger partial charge in [0.25, 0.3) is 0 Å². The smallest absolute Gasteiger partial charge is 0.345 e. The van der Waals surface area contributed by atoms with Crippen LogP contribution in [0, 0.1) is 11.6 Å². The van der Waals surface area contributed by atoms with Crippen molar-refractivity contribution in [2.24, 2.45) is 17.9 Å². The normalized spacial score (nSPS) is 13.5. The molecule has 10 nitrogen and oxygen atoms in total. The van der Waals surface area contributed by atoms with E-state index in [-0.39, 0.29) is 31.1 Å². The minimum atomic E-state index is -0.708. The highest BCUT2D eigenvalue weighted by Crippen LogP contribution is 2.26. The molecule has 1 aromatic carbocycles. The van der Waals surface area contributed by atoms with Gasteiger partial charge in [-0.05, 0) is 24.3 Å². The maximum atomic E-state index is 13.9. The second kappa shape index (κ2) is 7.09. The number of furan rings is 1. The maximum Gasteiger partial charge on any atom is 0.345 e. The van der Waals surface area contributed by atoms with Crippen molar-refractivity contribution >= 4 is 23.0 Å². The standard InChI is InChI=1S/C19H18F2N8O2/c1-26-19(30)27(7-6-23-13-5-4-11(20)9-12(13)21)18-25-17-16(29(18)26)15(24-10-28(17)22)14-3-2-8-31-14/h2-5,8-9,23H,6-7,10,22H2,1H3. The zero-order valence-electron chi connectivity index (χ0n) is 16.4. The van der Waals surface area contributed by atoms with Crippen LogP contribution in [0.4, 0.5) is 20.3 Å². The van der Waals surface area contributed by atoms with E-state index < -0.39 is 11.6 Å². The highest BCUT2D eigenvalue weighted by molar-refractivity contribution is 6.14. The first-order chi connectivity index (χ1) is 15.0. The summed E-state index contributed by atoms with van der Waals surface area (Å²) in [4.78, 5) is 21.9. The zero-order valence-corrected chi connectivity index (χ0v) is 16.4. The molecular formula is C19H18F2N8O2. The number of nitrogens with one attached hydrogen (secondary N) is 1. The number of hydrazine groups is 1. The van der Waals surface area contributed by atoms with Gasteiger partial charge in [-0.2, -0.15) is 4.98 Å². The Morgan fingerprint density at radius 3 is 2.87 bits per heavy atom. The second-order valence-electron chi connectivity index (χ2n) is 7.00. The second-order valence-corrected chi connectivity index (χ2v) is 7.00. The number of halogens is 2. The van der Waals surface area contributed by atoms with Crippen molar-refractivity contribution in [1.82, 2.24) is 18.7 Å². The molecule has 3 N–H and O–H groups in total. The lowest BCUT2D eigenvalue weighted by molar-refractivity contribution is 0.555. The summed E-state index contributed by atoms with van der Waals surface area (Å²) < 4.78 is 36.9. The van der Waals surface area contributed by atoms with Crippen molar-refractivity contribution in [3.8, 4) is 0 Å². The van der Waals surface area contributed by atoms with Crippen LogP contribution in [0.1, 0.15) is 11.5 Å². The van der Waals surface area contributed by atoms with Crippen LogP contribution in [0.2, 0.25) is 0 Å². The summed E-state index contributed by atoms with van der Waals surface area (Å²) in [6, 6.07) is 6.77. The van der Waals surface area contributed by atoms with Crippen molar-refractivity contribution in [2.75, 3.05) is 23.5 Å². The molecule has 3 aromatic heterocycles. The number of benzene rings is 1. The predicted molar refractivity (Wildman–Crippen MR) is 109 cm³/mol. The third-order valence-corrected chi connectivity index (χ3v) is 5.08. The maximum absolute atomic E-state index is 13.9. The van der Waals surface area contributed by atoms with Gasteiger partial charge >= 0.3 is 5.69 Å². The van der Waals surface area contributed by atoms with Crippen LogP contribution in [0.15, 0.2) is 50.8 Å². The lowest BCUT2D eigenvalue weighted by Crippen LogP contribution is -2.37. The Balaban J connectivity index is 1.52. The Morgan fingerprint density at radius 1 is 1.29 bits per heavy atom. The van der Waals surface area contributed by atoms with Crippen LogP contribution in [0.3, 0.4) is 0 Å². The monoisotopic (exact) mass is 428 g/mol. The summed E-state index contributed by atoms with van der Waals surface area (Å²) in [7, 11) is 1.61. The Bertz CT molecular complexity index is 1370. The molecule has 0 spiro atoms. The molecule has 160 valence electrons. The van der Waals surface area contributed by atoms with Crippen molar-refractivity contribution in [2.45, 2.75) is 6.54 Å². The van der Waals surface area contributed by atoms with Gasteiger partial charge in [-0.15, -0.1) is 0 Å². The molecule has 31 heavy (non-hydrogen) atoms. The number of nitrogens with two attached hydrogens (primary N) is 1. The Hall–Kier alpha value is -3.93. The van der Waals surface area contributed by atoms with Crippen molar-refractivity contribution in [3.05, 3.63) is 70.2 Å². The lowest BCUT2D eigenvalue weighted by Gasteiger charge is -2.20. The van der Waals surface area contributed by atoms with E-state index in [9.17, 15) is 13.6 Å². The molecule has 5 rings (SSSR count). The van der Waals surface area contributed by atoms with Gasteiger partial charge in [-0.3, -0.25) is 14.6 Å². The topological polar surface area (TPSA) is 111 Å². The molecule has 0 amide bonds. The van der Waals surface area contributed by atoms with Gasteiger partial charge in [0.15, 0.2) is 11.6 Å². The largest absolute Gasteiger partial charge is 0.463 e. The number of fused-ring (bicyclic) bond motifs is 3. The molecule has 0 atom stereocenters. The minimum Gasteiger partial charge on any atom is -0.463 e. The number of aromatic nitrogens is 4. The average molecular weight is 428 g/mol. The third-order valence-electron chi connectivity index (χ3n) is 5.08. The fraction of sp³-hybridized carbons (Fsp3) is 0.211. The van der Waals surface area contributed by atoms with Crippen molar-refractivity contribution in [1.29, 1.82) is 0 Å². The fourth-order valence-corrected chi connectivity index (χ4v) is 3.63. The quantitative estimate of drug-likeness (QED) is 0.464. The first-order valence-corrected chi connectivity index (χ1v) is 9.44. The first-order valence-electron chi connectivity index (χ1n) is 9.44. The SMILES string of the molecule is Cn1c(=O)n(CCNc2ccc(F)cc2F)c2nc3c(n21)C(c1ccco1)=NCN3N. The first kappa shape index (κ1) is 19.1. The molecule has 0 saturated heterocycles. The van der Waals surface area contributed by atoms with Gasteiger partial charge in [-0.1, -0.05) is 0 Å². The van der Waals surface area contributed by atoms with E-state index in [1.165, 1.54) is 26.6 Å². The van der Waals surface area contributed by atoms with Crippen molar-refractivity contribution < 1.29 is 13.2 Å². The summed E-state index contributed by atoms with van der Waals surface area (Å²) in [5.74, 6) is 6.04. The number of aryl methyl sites for hydroxylation is 1. The lowest BCUT2D eigenvalue weighted by atomic mass is 10.2. The average Bonchev–Trinajstić information content (AvgIpc) is 3.45. The van der Waals surface area contributed by atoms with E-state index in [2.05, 4.69) is 15.3 Å². The molecule has 12 heteroatoms. The van der Waals surface area contributed by atoms with Crippen LogP contribution < -0.4 is 21.9 Å². The summed E-state index contributed by atoms with van der Waals surface area (Å²) in [6.45, 7) is 0.585. The van der Waals surface area contributed by atoms with Crippen LogP contribution in [-0.4, -0.2) is 37.7 Å². The van der Waals surface area contributed by atoms with Crippen molar-refractivity contribution in [3.63, 3.8) is 0 Å². The molecule has 0 radical (unpaired) electrons. The molecule has 1 aliphatic rings. The number of imidazole rings is 1. The van der Waals surface area contributed by atoms with Gasteiger partial charge in [0.2, 0.25) is 5.78 Å². The molecule has 0 unspecified atom stereocenters. The number of aliphatic imine (C=N–C) groups is 1. The van der Waals surface area contributed by atoms with Gasteiger partial charge < -0.3 is 9.73 Å². The molecule has 1 aliphatic heterocycles. The van der Waals surface area contributed by atoms with Gasteiger partial charge in [-0.25, -0.2) is 28.6 Å². The molecule has 4 aromatic rings. The molecule has 0 fully saturated rings. The number of hydrogen-bond donors (Lipinski definition) is 2. The third kappa shape index (κ3) is 2.99. The highest BCUT2D eigenvalue weighted by Gasteiger charge is 2.30. The molecular weight excluding hydrogens is 410 g/mol. The fourth-order valence-electron chi connectivity index (χ4n) is 3.63. The van der Waals surface area contributed by atoms with Gasteiger partial charge in [0, 0.05) is 26.2 Å². The number of hydrogen-bond acceptors (Lipinski definition) is 7. The minimum absolute atomic E-state index is 0.143. The summed E-state index contributed by atoms with van der Waals surface area (Å²) in [5.41, 5.74) is 0.895. The molecule has 0 aliphatic carbocycles. The van der Waals surface area contributed by atoms with Gasteiger partial charge in [0.1, 0.15) is 29.7 Å². The van der Waals surface area contributed by atoms with E-state index in [0.717, 1.165) is 12.1 Å². The Kier molecular flexibility index (Phi) is 4.36. The predicted octanol–water partition coefficient (Wildman–Crippen LogP) is 1.31. The summed E-state index contributed by atoms with van der Waals surface area (Å²) in [5, 5.41) is 4.25. The molecule has 0 saturated carbocycles. The number of nitrogens with zero attached hydrogens (tertiary/aromatic N) is 6. The van der Waals surface area contributed by atoms with E-state index in [0.29, 0.717) is 28.8 Å². The molecule has 4 heterocycles. The van der Waals surface area contributed by atoms with Gasteiger partial charge in [0.05, 0.1) is 12.0 Å². The zero-order chi connectivity index (χ0) is 21.7. The number of rotatable bonds is 5. The summed E-state index contributed by atoms with van der Waals surface area (Å²) in [6.07, 6.45) is 1.54. The van der Waals surface area contributed by atoms with E-state index in [4.69, 9.17) is 10.3 Å². The number of anilines is 2. The van der Waals surface area contributed by atoms with E-state index >= 15 is 0 Å². The van der Waals surface area contributed by atoms with Crippen LogP contribution >= 0.6 is 0 Å². The van der Waals surface area contributed by atoms with E-state index in [1.807, 2.05) is 0 Å². The molecule has 0 bridgehead atoms. The van der Waals surface area contributed by atoms with Crippen LogP contribution in [-0.2, 0) is 13.6 Å². The van der Waals surface area contributed by atoms with Crippen LogP contribution in [0.5, 0.6) is 0 Å². The Labute approximate surface area is 173 Å². The van der Waals surface area contributed by atoms with E-state index in [1.54, 1.807) is 23.7 Å². The van der Waals surface area contributed by atoms with Crippen LogP contribution in [0.25, 0.3) is 5.78 Å². The summed E-state index contributed by atoms with van der Waals surface area (Å²) >= 11 is 0. The highest BCUT2D eigenvalue weighted by atomic mass is 19.1.